The van der Waals surface area contributed by atoms with E-state index >= 15 is 0 Å². The third-order valence-corrected chi connectivity index (χ3v) is 10.6. The fourth-order valence-corrected chi connectivity index (χ4v) is 6.95. The second-order valence-corrected chi connectivity index (χ2v) is 14.4. The number of carbonyl (C=O) groups is 1. The summed E-state index contributed by atoms with van der Waals surface area (Å²) in [5.74, 6) is -0.506. The molecule has 9 nitrogen and oxygen atoms in total. The molecule has 3 rings (SSSR count). The Morgan fingerprint density at radius 2 is 1.76 bits per heavy atom. The molecule has 37 heavy (non-hydrogen) atoms. The van der Waals surface area contributed by atoms with Crippen molar-refractivity contribution in [3.8, 4) is 0 Å². The number of alkyl halides is 3. The Hall–Kier alpha value is -2.45. The SMILES string of the molecule is CCOC(=O)Cn1ncc2c1CCC[C@H]2N(C)S(=O)(=O)c1cc(C(F)(F)F)cc(S(=O)(=O)C(C)(C)C)c1. The Labute approximate surface area is 214 Å². The molecule has 1 heterocycles. The van der Waals surface area contributed by atoms with Crippen LogP contribution in [0.25, 0.3) is 0 Å². The molecule has 0 spiro atoms. The van der Waals surface area contributed by atoms with Gasteiger partial charge in [0.1, 0.15) is 6.54 Å². The van der Waals surface area contributed by atoms with Gasteiger partial charge in [-0.3, -0.25) is 9.48 Å². The Morgan fingerprint density at radius 1 is 1.14 bits per heavy atom. The molecule has 0 bridgehead atoms. The maximum atomic E-state index is 13.7. The van der Waals surface area contributed by atoms with E-state index in [4.69, 9.17) is 4.74 Å². The average Bonchev–Trinajstić information content (AvgIpc) is 3.19. The zero-order valence-electron chi connectivity index (χ0n) is 21.2. The molecule has 1 aromatic carbocycles. The molecule has 1 aliphatic carbocycles. The monoisotopic (exact) mass is 565 g/mol. The second-order valence-electron chi connectivity index (χ2n) is 9.75. The lowest BCUT2D eigenvalue weighted by Crippen LogP contribution is -2.34. The third kappa shape index (κ3) is 5.70. The highest BCUT2D eigenvalue weighted by molar-refractivity contribution is 7.93. The van der Waals surface area contributed by atoms with Gasteiger partial charge in [-0.15, -0.1) is 0 Å². The first-order chi connectivity index (χ1) is 16.9. The van der Waals surface area contributed by atoms with E-state index in [1.54, 1.807) is 6.92 Å². The smallest absolute Gasteiger partial charge is 0.416 e. The van der Waals surface area contributed by atoms with Gasteiger partial charge in [0.25, 0.3) is 0 Å². The summed E-state index contributed by atoms with van der Waals surface area (Å²) in [4.78, 5) is 10.4. The topological polar surface area (TPSA) is 116 Å². The number of nitrogens with zero attached hydrogens (tertiary/aromatic N) is 3. The number of rotatable bonds is 7. The molecule has 0 saturated heterocycles. The standard InChI is InChI=1S/C23H30F3N3O6S2/c1-6-35-21(30)14-29-20-9-7-8-19(18(20)13-27-29)28(5)37(33,34)17-11-15(23(24,25)26)10-16(12-17)36(31,32)22(2,3)4/h10-13,19H,6-9,14H2,1-5H3/t19-/m1/s1. The van der Waals surface area contributed by atoms with Crippen molar-refractivity contribution in [3.63, 3.8) is 0 Å². The summed E-state index contributed by atoms with van der Waals surface area (Å²) in [6, 6.07) is 0.899. The number of hydrogen-bond acceptors (Lipinski definition) is 7. The van der Waals surface area contributed by atoms with Crippen LogP contribution >= 0.6 is 0 Å². The molecule has 2 aromatic rings. The predicted molar refractivity (Wildman–Crippen MR) is 128 cm³/mol. The van der Waals surface area contributed by atoms with E-state index in [1.165, 1.54) is 38.7 Å². The van der Waals surface area contributed by atoms with Crippen LogP contribution in [-0.4, -0.2) is 55.3 Å². The van der Waals surface area contributed by atoms with E-state index in [9.17, 15) is 34.8 Å². The van der Waals surface area contributed by atoms with Crippen LogP contribution < -0.4 is 0 Å². The Kier molecular flexibility index (Phi) is 7.89. The van der Waals surface area contributed by atoms with E-state index in [0.29, 0.717) is 42.7 Å². The van der Waals surface area contributed by atoms with Gasteiger partial charge in [-0.1, -0.05) is 0 Å². The molecular formula is C23H30F3N3O6S2. The summed E-state index contributed by atoms with van der Waals surface area (Å²) in [7, 11) is -7.64. The van der Waals surface area contributed by atoms with Gasteiger partial charge in [0.15, 0.2) is 9.84 Å². The van der Waals surface area contributed by atoms with Crippen LogP contribution in [0.5, 0.6) is 0 Å². The van der Waals surface area contributed by atoms with Crippen LogP contribution in [0.1, 0.15) is 63.4 Å². The summed E-state index contributed by atoms with van der Waals surface area (Å²) in [6.45, 7) is 5.66. The fraction of sp³-hybridized carbons (Fsp3) is 0.565. The molecule has 0 unspecified atom stereocenters. The van der Waals surface area contributed by atoms with Crippen LogP contribution in [0, 0.1) is 0 Å². The van der Waals surface area contributed by atoms with Crippen LogP contribution in [0.15, 0.2) is 34.2 Å². The number of hydrogen-bond donors (Lipinski definition) is 0. The van der Waals surface area contributed by atoms with E-state index < -0.39 is 58.1 Å². The van der Waals surface area contributed by atoms with Crippen LogP contribution in [-0.2, 0) is 48.5 Å². The number of esters is 1. The molecule has 206 valence electrons. The molecule has 0 radical (unpaired) electrons. The summed E-state index contributed by atoms with van der Waals surface area (Å²) < 4.78 is 100.0. The molecule has 1 aliphatic rings. The minimum atomic E-state index is -4.97. The number of halogens is 3. The number of carbonyl (C=O) groups excluding carboxylic acids is 1. The van der Waals surface area contributed by atoms with Gasteiger partial charge in [0.2, 0.25) is 10.0 Å². The molecule has 0 N–H and O–H groups in total. The predicted octanol–water partition coefficient (Wildman–Crippen LogP) is 3.74. The average molecular weight is 566 g/mol. The third-order valence-electron chi connectivity index (χ3n) is 6.26. The number of sulfone groups is 1. The molecule has 14 heteroatoms. The number of fused-ring (bicyclic) bond motifs is 1. The highest BCUT2D eigenvalue weighted by Crippen LogP contribution is 2.39. The van der Waals surface area contributed by atoms with Crippen molar-refractivity contribution < 1.29 is 39.5 Å². The Balaban J connectivity index is 2.08. The lowest BCUT2D eigenvalue weighted by Gasteiger charge is -2.31. The van der Waals surface area contributed by atoms with Crippen molar-refractivity contribution in [3.05, 3.63) is 41.2 Å². The van der Waals surface area contributed by atoms with Gasteiger partial charge in [-0.2, -0.15) is 22.6 Å². The van der Waals surface area contributed by atoms with E-state index in [0.717, 1.165) is 10.4 Å². The van der Waals surface area contributed by atoms with Gasteiger partial charge in [-0.25, -0.2) is 16.8 Å². The minimum Gasteiger partial charge on any atom is -0.465 e. The van der Waals surface area contributed by atoms with Gasteiger partial charge in [0, 0.05) is 18.3 Å². The maximum Gasteiger partial charge on any atom is 0.416 e. The molecule has 1 atom stereocenters. The van der Waals surface area contributed by atoms with Crippen molar-refractivity contribution in [2.45, 2.75) is 80.3 Å². The van der Waals surface area contributed by atoms with Gasteiger partial charge >= 0.3 is 12.1 Å². The lowest BCUT2D eigenvalue weighted by atomic mass is 9.93. The van der Waals surface area contributed by atoms with Gasteiger partial charge < -0.3 is 4.74 Å². The summed E-state index contributed by atoms with van der Waals surface area (Å²) in [6.07, 6.45) is -2.11. The summed E-state index contributed by atoms with van der Waals surface area (Å²) in [5, 5.41) is 4.19. The summed E-state index contributed by atoms with van der Waals surface area (Å²) in [5.41, 5.74) is -0.223. The van der Waals surface area contributed by atoms with Crippen LogP contribution in [0.4, 0.5) is 13.2 Å². The molecule has 0 fully saturated rings. The quantitative estimate of drug-likeness (QED) is 0.470. The highest BCUT2D eigenvalue weighted by Gasteiger charge is 2.40. The number of aromatic nitrogens is 2. The molecule has 0 aliphatic heterocycles. The zero-order valence-corrected chi connectivity index (χ0v) is 22.8. The largest absolute Gasteiger partial charge is 0.465 e. The first kappa shape index (κ1) is 29.1. The highest BCUT2D eigenvalue weighted by atomic mass is 32.2. The lowest BCUT2D eigenvalue weighted by molar-refractivity contribution is -0.144. The van der Waals surface area contributed by atoms with E-state index in [-0.39, 0.29) is 13.2 Å². The Morgan fingerprint density at radius 3 is 2.32 bits per heavy atom. The van der Waals surface area contributed by atoms with Crippen LogP contribution in [0.2, 0.25) is 0 Å². The maximum absolute atomic E-state index is 13.7. The van der Waals surface area contributed by atoms with Crippen molar-refractivity contribution in [1.29, 1.82) is 0 Å². The Bertz CT molecular complexity index is 1390. The minimum absolute atomic E-state index is 0.159. The fourth-order valence-electron chi connectivity index (χ4n) is 4.16. The first-order valence-corrected chi connectivity index (χ1v) is 14.5. The van der Waals surface area contributed by atoms with Crippen molar-refractivity contribution >= 4 is 25.8 Å². The van der Waals surface area contributed by atoms with E-state index in [2.05, 4.69) is 5.10 Å². The molecule has 0 saturated carbocycles. The molecule has 0 amide bonds. The zero-order chi connectivity index (χ0) is 28.0. The first-order valence-electron chi connectivity index (χ1n) is 11.6. The summed E-state index contributed by atoms with van der Waals surface area (Å²) >= 11 is 0. The van der Waals surface area contributed by atoms with Crippen molar-refractivity contribution in [1.82, 2.24) is 14.1 Å². The van der Waals surface area contributed by atoms with Gasteiger partial charge in [-0.05, 0) is 65.2 Å². The molecular weight excluding hydrogens is 535 g/mol. The van der Waals surface area contributed by atoms with Crippen LogP contribution in [0.3, 0.4) is 0 Å². The molecule has 1 aromatic heterocycles. The number of ether oxygens (including phenoxy) is 1. The van der Waals surface area contributed by atoms with Crippen molar-refractivity contribution in [2.24, 2.45) is 0 Å². The second kappa shape index (κ2) is 10.0. The number of benzene rings is 1. The number of sulfonamides is 1. The van der Waals surface area contributed by atoms with Gasteiger partial charge in [0.05, 0.1) is 38.9 Å². The normalized spacial score (nSPS) is 17.1. The van der Waals surface area contributed by atoms with E-state index in [1.807, 2.05) is 0 Å². The van der Waals surface area contributed by atoms with Crippen molar-refractivity contribution in [2.75, 3.05) is 13.7 Å².